The van der Waals surface area contributed by atoms with Crippen molar-refractivity contribution in [2.75, 3.05) is 13.2 Å². The highest BCUT2D eigenvalue weighted by atomic mass is 19.1. The number of carbonyl (C=O) groups excluding carboxylic acids is 2. The van der Waals surface area contributed by atoms with Crippen molar-refractivity contribution in [2.45, 2.75) is 32.7 Å². The third-order valence-corrected chi connectivity index (χ3v) is 4.59. The van der Waals surface area contributed by atoms with Crippen LogP contribution in [-0.4, -0.2) is 39.9 Å². The molecule has 2 heterocycles. The Kier molecular flexibility index (Phi) is 7.86. The van der Waals surface area contributed by atoms with Crippen LogP contribution in [-0.2, 0) is 27.3 Å². The summed E-state index contributed by atoms with van der Waals surface area (Å²) in [6, 6.07) is 9.93. The van der Waals surface area contributed by atoms with Crippen LogP contribution in [0.4, 0.5) is 4.39 Å². The van der Waals surface area contributed by atoms with Crippen LogP contribution in [0.3, 0.4) is 0 Å². The van der Waals surface area contributed by atoms with Crippen molar-refractivity contribution >= 4 is 11.9 Å². The summed E-state index contributed by atoms with van der Waals surface area (Å²) in [6.07, 6.45) is 5.29. The Morgan fingerprint density at radius 1 is 1.13 bits per heavy atom. The molecule has 3 aromatic rings. The minimum atomic E-state index is -0.400. The van der Waals surface area contributed by atoms with E-state index in [-0.39, 0.29) is 37.7 Å². The smallest absolute Gasteiger partial charge is 0.307 e. The van der Waals surface area contributed by atoms with Gasteiger partial charge in [-0.3, -0.25) is 14.6 Å². The van der Waals surface area contributed by atoms with Gasteiger partial charge in [0.15, 0.2) is 11.7 Å². The van der Waals surface area contributed by atoms with Gasteiger partial charge >= 0.3 is 5.97 Å². The lowest BCUT2D eigenvalue weighted by Crippen LogP contribution is -2.33. The normalized spacial score (nSPS) is 10.6. The van der Waals surface area contributed by atoms with Gasteiger partial charge in [-0.1, -0.05) is 18.2 Å². The lowest BCUT2D eigenvalue weighted by molar-refractivity contribution is -0.144. The summed E-state index contributed by atoms with van der Waals surface area (Å²) in [5.74, 6) is -0.246. The third kappa shape index (κ3) is 6.47. The third-order valence-electron chi connectivity index (χ3n) is 4.59. The Balaban J connectivity index is 1.62. The van der Waals surface area contributed by atoms with Crippen LogP contribution in [0.25, 0.3) is 11.3 Å². The summed E-state index contributed by atoms with van der Waals surface area (Å²) >= 11 is 0. The van der Waals surface area contributed by atoms with Gasteiger partial charge in [-0.2, -0.15) is 0 Å². The van der Waals surface area contributed by atoms with E-state index in [1.807, 2.05) is 6.07 Å². The van der Waals surface area contributed by atoms with Crippen molar-refractivity contribution in [1.82, 2.24) is 14.9 Å². The fourth-order valence-electron chi connectivity index (χ4n) is 3.05. The number of amides is 1. The van der Waals surface area contributed by atoms with E-state index in [1.165, 1.54) is 12.3 Å². The molecular formula is C23H24FN3O4. The molecule has 0 aliphatic carbocycles. The molecule has 0 saturated heterocycles. The Labute approximate surface area is 179 Å². The minimum absolute atomic E-state index is 0.107. The van der Waals surface area contributed by atoms with Crippen LogP contribution in [0.2, 0.25) is 0 Å². The second-order valence-electron chi connectivity index (χ2n) is 6.83. The standard InChI is InChI=1S/C23H24FN3O4/c1-2-30-23(29)11-13-27(16-17-6-5-12-25-14-17)22(28)10-9-21-26-15-20(31-21)18-7-3-4-8-19(18)24/h3-8,12,14-15H,2,9-11,13,16H2,1H3. The molecule has 3 rings (SSSR count). The van der Waals surface area contributed by atoms with Crippen molar-refractivity contribution < 1.29 is 23.1 Å². The Morgan fingerprint density at radius 2 is 1.97 bits per heavy atom. The number of hydrogen-bond donors (Lipinski definition) is 0. The molecule has 0 bridgehead atoms. The first kappa shape index (κ1) is 22.1. The molecule has 0 spiro atoms. The summed E-state index contributed by atoms with van der Waals surface area (Å²) < 4.78 is 24.5. The zero-order valence-electron chi connectivity index (χ0n) is 17.3. The molecule has 7 nitrogen and oxygen atoms in total. The topological polar surface area (TPSA) is 85.5 Å². The molecular weight excluding hydrogens is 401 g/mol. The van der Waals surface area contributed by atoms with Crippen LogP contribution in [0.15, 0.2) is 59.4 Å². The molecule has 8 heteroatoms. The average Bonchev–Trinajstić information content (AvgIpc) is 3.25. The highest BCUT2D eigenvalue weighted by Crippen LogP contribution is 2.23. The van der Waals surface area contributed by atoms with Crippen molar-refractivity contribution in [2.24, 2.45) is 0 Å². The molecule has 0 atom stereocenters. The fraction of sp³-hybridized carbons (Fsp3) is 0.304. The molecule has 1 amide bonds. The second-order valence-corrected chi connectivity index (χ2v) is 6.83. The highest BCUT2D eigenvalue weighted by molar-refractivity contribution is 5.77. The predicted molar refractivity (Wildman–Crippen MR) is 111 cm³/mol. The van der Waals surface area contributed by atoms with E-state index < -0.39 is 5.82 Å². The molecule has 1 aromatic carbocycles. The van der Waals surface area contributed by atoms with Gasteiger partial charge in [0.1, 0.15) is 5.82 Å². The zero-order chi connectivity index (χ0) is 22.1. The molecule has 0 N–H and O–H groups in total. The molecule has 0 unspecified atom stereocenters. The number of hydrogen-bond acceptors (Lipinski definition) is 6. The minimum Gasteiger partial charge on any atom is -0.466 e. The first-order valence-electron chi connectivity index (χ1n) is 10.1. The fourth-order valence-corrected chi connectivity index (χ4v) is 3.05. The van der Waals surface area contributed by atoms with E-state index in [0.717, 1.165) is 5.56 Å². The first-order valence-corrected chi connectivity index (χ1v) is 10.1. The number of rotatable bonds is 10. The molecule has 0 aliphatic heterocycles. The second kappa shape index (κ2) is 11.0. The summed E-state index contributed by atoms with van der Waals surface area (Å²) in [6.45, 7) is 2.60. The number of benzene rings is 1. The Hall–Kier alpha value is -3.55. The van der Waals surface area contributed by atoms with Crippen molar-refractivity contribution in [3.8, 4) is 11.3 Å². The molecule has 162 valence electrons. The molecule has 0 aliphatic rings. The van der Waals surface area contributed by atoms with Gasteiger partial charge < -0.3 is 14.1 Å². The van der Waals surface area contributed by atoms with Gasteiger partial charge in [-0.15, -0.1) is 0 Å². The van der Waals surface area contributed by atoms with Crippen LogP contribution >= 0.6 is 0 Å². The largest absolute Gasteiger partial charge is 0.466 e. The zero-order valence-corrected chi connectivity index (χ0v) is 17.3. The van der Waals surface area contributed by atoms with Crippen molar-refractivity contribution in [3.05, 3.63) is 72.3 Å². The first-order chi connectivity index (χ1) is 15.1. The predicted octanol–water partition coefficient (Wildman–Crippen LogP) is 3.79. The molecule has 0 radical (unpaired) electrons. The number of oxazole rings is 1. The number of aryl methyl sites for hydroxylation is 1. The number of esters is 1. The summed E-state index contributed by atoms with van der Waals surface area (Å²) in [4.78, 5) is 34.4. The van der Waals surface area contributed by atoms with Crippen molar-refractivity contribution in [1.29, 1.82) is 0 Å². The number of halogens is 1. The molecule has 0 saturated carbocycles. The Morgan fingerprint density at radius 3 is 2.71 bits per heavy atom. The maximum absolute atomic E-state index is 13.9. The van der Waals surface area contributed by atoms with Gasteiger partial charge in [0.25, 0.3) is 0 Å². The van der Waals surface area contributed by atoms with Crippen LogP contribution in [0.5, 0.6) is 0 Å². The van der Waals surface area contributed by atoms with Gasteiger partial charge in [0.2, 0.25) is 5.91 Å². The van der Waals surface area contributed by atoms with Crippen LogP contribution < -0.4 is 0 Å². The van der Waals surface area contributed by atoms with Gasteiger partial charge in [-0.05, 0) is 30.7 Å². The van der Waals surface area contributed by atoms with E-state index in [4.69, 9.17) is 9.15 Å². The summed E-state index contributed by atoms with van der Waals surface area (Å²) in [7, 11) is 0. The van der Waals surface area contributed by atoms with Crippen LogP contribution in [0.1, 0.15) is 31.2 Å². The monoisotopic (exact) mass is 425 g/mol. The van der Waals surface area contributed by atoms with Crippen molar-refractivity contribution in [3.63, 3.8) is 0 Å². The van der Waals surface area contributed by atoms with E-state index in [2.05, 4.69) is 9.97 Å². The summed E-state index contributed by atoms with van der Waals surface area (Å²) in [5.41, 5.74) is 1.18. The van der Waals surface area contributed by atoms with Crippen LogP contribution in [0, 0.1) is 5.82 Å². The lowest BCUT2D eigenvalue weighted by atomic mass is 10.2. The number of ether oxygens (including phenoxy) is 1. The quantitative estimate of drug-likeness (QED) is 0.460. The SMILES string of the molecule is CCOC(=O)CCN(Cc1cccnc1)C(=O)CCc1ncc(-c2ccccc2F)o1. The van der Waals surface area contributed by atoms with E-state index in [0.29, 0.717) is 30.4 Å². The number of nitrogens with zero attached hydrogens (tertiary/aromatic N) is 3. The van der Waals surface area contributed by atoms with E-state index in [9.17, 15) is 14.0 Å². The maximum atomic E-state index is 13.9. The van der Waals surface area contributed by atoms with Gasteiger partial charge in [0, 0.05) is 38.3 Å². The molecule has 31 heavy (non-hydrogen) atoms. The highest BCUT2D eigenvalue weighted by Gasteiger charge is 2.18. The van der Waals surface area contributed by atoms with E-state index >= 15 is 0 Å². The molecule has 2 aromatic heterocycles. The molecule has 0 fully saturated rings. The Bertz CT molecular complexity index is 1010. The maximum Gasteiger partial charge on any atom is 0.307 e. The lowest BCUT2D eigenvalue weighted by Gasteiger charge is -2.22. The number of aromatic nitrogens is 2. The average molecular weight is 425 g/mol. The van der Waals surface area contributed by atoms with E-state index in [1.54, 1.807) is 48.5 Å². The number of pyridine rings is 1. The van der Waals surface area contributed by atoms with Gasteiger partial charge in [0.05, 0.1) is 24.8 Å². The number of carbonyl (C=O) groups is 2. The summed E-state index contributed by atoms with van der Waals surface area (Å²) in [5, 5.41) is 0. The van der Waals surface area contributed by atoms with Gasteiger partial charge in [-0.25, -0.2) is 9.37 Å².